The zero-order valence-corrected chi connectivity index (χ0v) is 24.1. The van der Waals surface area contributed by atoms with Crippen molar-refractivity contribution in [2.75, 3.05) is 41.7 Å². The van der Waals surface area contributed by atoms with Crippen molar-refractivity contribution in [3.8, 4) is 0 Å². The molecule has 6 rings (SSSR count). The molecule has 0 atom stereocenters. The first-order valence-corrected chi connectivity index (χ1v) is 15.8. The second-order valence-corrected chi connectivity index (χ2v) is 12.7. The average molecular weight is 576 g/mol. The number of fused-ring (bicyclic) bond motifs is 1. The van der Waals surface area contributed by atoms with Gasteiger partial charge >= 0.3 is 0 Å². The first-order valence-electron chi connectivity index (χ1n) is 14.3. The van der Waals surface area contributed by atoms with E-state index in [1.165, 1.54) is 0 Å². The monoisotopic (exact) mass is 575 g/mol. The minimum absolute atomic E-state index is 0.265. The van der Waals surface area contributed by atoms with Gasteiger partial charge in [-0.3, -0.25) is 0 Å². The molecule has 3 heterocycles. The van der Waals surface area contributed by atoms with Crippen LogP contribution in [0.15, 0.2) is 65.8 Å². The Kier molecular flexibility index (Phi) is 7.78. The minimum atomic E-state index is -3.60. The molecule has 1 aliphatic carbocycles. The van der Waals surface area contributed by atoms with Gasteiger partial charge in [-0.2, -0.15) is 14.3 Å². The number of nitrogens with zero attached hydrogens (tertiary/aromatic N) is 6. The Labute approximate surface area is 240 Å². The summed E-state index contributed by atoms with van der Waals surface area (Å²) >= 11 is 0. The van der Waals surface area contributed by atoms with E-state index in [9.17, 15) is 8.42 Å². The summed E-state index contributed by atoms with van der Waals surface area (Å²) < 4.78 is 30.4. The van der Waals surface area contributed by atoms with Crippen LogP contribution in [0.5, 0.6) is 0 Å². The van der Waals surface area contributed by atoms with Gasteiger partial charge in [0.05, 0.1) is 11.2 Å². The van der Waals surface area contributed by atoms with Crippen molar-refractivity contribution in [3.05, 3.63) is 60.9 Å². The largest absolute Gasteiger partial charge is 0.369 e. The van der Waals surface area contributed by atoms with Crippen molar-refractivity contribution in [3.63, 3.8) is 0 Å². The first-order chi connectivity index (χ1) is 19.9. The van der Waals surface area contributed by atoms with Crippen molar-refractivity contribution < 1.29 is 8.42 Å². The van der Waals surface area contributed by atoms with Crippen LogP contribution in [0.25, 0.3) is 11.2 Å². The van der Waals surface area contributed by atoms with Crippen LogP contribution < -0.4 is 21.3 Å². The standard InChI is InChI=1S/C29H37N9O2S/c1-2-36-20-31-26-27(34-29(35-28(26)36)33-23-10-8-21(30)9-11-23)32-22-12-14-25(15-13-22)41(39,40)38-18-16-37(17-19-38)24-6-4-3-5-7-24/h3-7,12-15,20-21,23H,2,8-11,16-19,30H2,1H3,(H2,32,33,34,35). The van der Waals surface area contributed by atoms with Crippen LogP contribution >= 0.6 is 0 Å². The lowest BCUT2D eigenvalue weighted by molar-refractivity contribution is 0.385. The third kappa shape index (κ3) is 5.85. The topological polar surface area (TPSA) is 134 Å². The highest BCUT2D eigenvalue weighted by Gasteiger charge is 2.28. The van der Waals surface area contributed by atoms with Gasteiger partial charge in [-0.05, 0) is 69.0 Å². The van der Waals surface area contributed by atoms with E-state index < -0.39 is 10.0 Å². The first kappa shape index (κ1) is 27.4. The van der Waals surface area contributed by atoms with E-state index in [2.05, 4.69) is 32.7 Å². The number of nitrogens with one attached hydrogen (secondary N) is 2. The number of anilines is 4. The summed E-state index contributed by atoms with van der Waals surface area (Å²) in [5.74, 6) is 1.12. The number of rotatable bonds is 8. The molecule has 1 aliphatic heterocycles. The summed E-state index contributed by atoms with van der Waals surface area (Å²) in [4.78, 5) is 16.6. The highest BCUT2D eigenvalue weighted by Crippen LogP contribution is 2.28. The van der Waals surface area contributed by atoms with Gasteiger partial charge in [0.15, 0.2) is 17.0 Å². The van der Waals surface area contributed by atoms with Crippen molar-refractivity contribution in [1.29, 1.82) is 0 Å². The molecule has 41 heavy (non-hydrogen) atoms. The number of para-hydroxylation sites is 1. The molecule has 0 amide bonds. The number of benzene rings is 2. The molecule has 0 radical (unpaired) electrons. The molecule has 11 nitrogen and oxygen atoms in total. The van der Waals surface area contributed by atoms with E-state index in [1.807, 2.05) is 29.7 Å². The van der Waals surface area contributed by atoms with Crippen LogP contribution in [-0.2, 0) is 16.6 Å². The molecule has 0 spiro atoms. The third-order valence-electron chi connectivity index (χ3n) is 8.02. The lowest BCUT2D eigenvalue weighted by Crippen LogP contribution is -2.48. The Morgan fingerprint density at radius 3 is 2.32 bits per heavy atom. The van der Waals surface area contributed by atoms with E-state index >= 15 is 0 Å². The van der Waals surface area contributed by atoms with Gasteiger partial charge in [0.1, 0.15) is 0 Å². The zero-order chi connectivity index (χ0) is 28.4. The summed E-state index contributed by atoms with van der Waals surface area (Å²) in [5.41, 5.74) is 9.33. The summed E-state index contributed by atoms with van der Waals surface area (Å²) in [6.07, 6.45) is 5.69. The van der Waals surface area contributed by atoms with Gasteiger partial charge in [0.2, 0.25) is 16.0 Å². The molecular weight excluding hydrogens is 538 g/mol. The highest BCUT2D eigenvalue weighted by atomic mass is 32.2. The second-order valence-electron chi connectivity index (χ2n) is 10.7. The van der Waals surface area contributed by atoms with Gasteiger partial charge in [-0.25, -0.2) is 13.4 Å². The van der Waals surface area contributed by atoms with Gasteiger partial charge in [0.25, 0.3) is 0 Å². The number of aryl methyl sites for hydroxylation is 1. The van der Waals surface area contributed by atoms with Crippen LogP contribution in [0.3, 0.4) is 0 Å². The third-order valence-corrected chi connectivity index (χ3v) is 9.94. The molecule has 0 bridgehead atoms. The molecule has 0 unspecified atom stereocenters. The van der Waals surface area contributed by atoms with E-state index in [1.54, 1.807) is 34.9 Å². The lowest BCUT2D eigenvalue weighted by Gasteiger charge is -2.35. The van der Waals surface area contributed by atoms with Crippen LogP contribution in [0.4, 0.5) is 23.1 Å². The molecule has 4 aromatic rings. The molecule has 2 fully saturated rings. The Balaban J connectivity index is 1.17. The van der Waals surface area contributed by atoms with Crippen molar-refractivity contribution >= 4 is 44.3 Å². The van der Waals surface area contributed by atoms with Gasteiger partial charge in [-0.15, -0.1) is 0 Å². The normalized spacial score (nSPS) is 20.3. The van der Waals surface area contributed by atoms with Gasteiger partial charge < -0.3 is 25.8 Å². The number of sulfonamides is 1. The predicted molar refractivity (Wildman–Crippen MR) is 162 cm³/mol. The van der Waals surface area contributed by atoms with Crippen LogP contribution in [0, 0.1) is 0 Å². The molecule has 1 saturated carbocycles. The molecule has 2 aromatic carbocycles. The number of piperazine rings is 1. The fraction of sp³-hybridized carbons (Fsp3) is 0.414. The van der Waals surface area contributed by atoms with Crippen molar-refractivity contribution in [2.45, 2.75) is 56.1 Å². The predicted octanol–water partition coefficient (Wildman–Crippen LogP) is 3.78. The van der Waals surface area contributed by atoms with E-state index in [-0.39, 0.29) is 17.0 Å². The molecule has 4 N–H and O–H groups in total. The smallest absolute Gasteiger partial charge is 0.243 e. The summed E-state index contributed by atoms with van der Waals surface area (Å²) in [5, 5.41) is 6.84. The SMILES string of the molecule is CCn1cnc2c(Nc3ccc(S(=O)(=O)N4CCN(c5ccccc5)CC4)cc3)nc(NC3CCC(N)CC3)nc21. The van der Waals surface area contributed by atoms with Crippen molar-refractivity contribution in [1.82, 2.24) is 23.8 Å². The van der Waals surface area contributed by atoms with E-state index in [4.69, 9.17) is 15.7 Å². The number of nitrogens with two attached hydrogens (primary N) is 1. The van der Waals surface area contributed by atoms with Crippen LogP contribution in [-0.4, -0.2) is 70.5 Å². The molecule has 2 aliphatic rings. The summed E-state index contributed by atoms with van der Waals surface area (Å²) in [6, 6.07) is 17.5. The number of hydrogen-bond donors (Lipinski definition) is 3. The quantitative estimate of drug-likeness (QED) is 0.287. The summed E-state index contributed by atoms with van der Waals surface area (Å²) in [6.45, 7) is 4.98. The van der Waals surface area contributed by atoms with Gasteiger partial charge in [-0.1, -0.05) is 18.2 Å². The minimum Gasteiger partial charge on any atom is -0.369 e. The maximum Gasteiger partial charge on any atom is 0.243 e. The van der Waals surface area contributed by atoms with Gasteiger partial charge in [0, 0.05) is 56.2 Å². The molecular formula is C29H37N9O2S. The van der Waals surface area contributed by atoms with Crippen LogP contribution in [0.2, 0.25) is 0 Å². The maximum atomic E-state index is 13.4. The Bertz CT molecular complexity index is 1580. The summed E-state index contributed by atoms with van der Waals surface area (Å²) in [7, 11) is -3.60. The van der Waals surface area contributed by atoms with E-state index in [0.717, 1.165) is 49.2 Å². The van der Waals surface area contributed by atoms with Crippen molar-refractivity contribution in [2.24, 2.45) is 5.73 Å². The second kappa shape index (κ2) is 11.6. The fourth-order valence-electron chi connectivity index (χ4n) is 5.59. The molecule has 1 saturated heterocycles. The molecule has 2 aromatic heterocycles. The highest BCUT2D eigenvalue weighted by molar-refractivity contribution is 7.89. The lowest BCUT2D eigenvalue weighted by atomic mass is 9.92. The Hall–Kier alpha value is -3.74. The number of aromatic nitrogens is 4. The average Bonchev–Trinajstić information content (AvgIpc) is 3.42. The fourth-order valence-corrected chi connectivity index (χ4v) is 7.02. The number of imidazole rings is 1. The molecule has 12 heteroatoms. The van der Waals surface area contributed by atoms with E-state index in [0.29, 0.717) is 43.5 Å². The zero-order valence-electron chi connectivity index (χ0n) is 23.3. The Morgan fingerprint density at radius 2 is 1.63 bits per heavy atom. The maximum absolute atomic E-state index is 13.4. The molecule has 216 valence electrons. The van der Waals surface area contributed by atoms with Crippen LogP contribution in [0.1, 0.15) is 32.6 Å². The Morgan fingerprint density at radius 1 is 0.927 bits per heavy atom. The number of hydrogen-bond acceptors (Lipinski definition) is 9.